The zero-order valence-corrected chi connectivity index (χ0v) is 12.2. The van der Waals surface area contributed by atoms with E-state index in [-0.39, 0.29) is 23.7 Å². The molecule has 1 aliphatic rings. The number of hydrogen-bond acceptors (Lipinski definition) is 3. The molecule has 0 bridgehead atoms. The number of carbonyl (C=O) groups is 2. The third kappa shape index (κ3) is 3.19. The largest absolute Gasteiger partial charge is 0.311 e. The lowest BCUT2D eigenvalue weighted by Gasteiger charge is -2.13. The number of hydrogen-bond donors (Lipinski definition) is 1. The van der Waals surface area contributed by atoms with Crippen molar-refractivity contribution in [1.82, 2.24) is 10.2 Å². The van der Waals surface area contributed by atoms with Gasteiger partial charge in [0.2, 0.25) is 0 Å². The number of halogens is 1. The number of allylic oxidation sites excluding steroid dienone is 1. The van der Waals surface area contributed by atoms with Crippen LogP contribution in [0.5, 0.6) is 0 Å². The molecule has 1 N–H and O–H groups in total. The number of unbranched alkanes of at least 4 members (excludes halogenated alkanes) is 1. The van der Waals surface area contributed by atoms with Crippen LogP contribution in [0.1, 0.15) is 40.5 Å². The molecule has 0 fully saturated rings. The maximum atomic E-state index is 13.5. The van der Waals surface area contributed by atoms with E-state index in [1.54, 1.807) is 38.2 Å². The first kappa shape index (κ1) is 15.4. The zero-order valence-electron chi connectivity index (χ0n) is 12.2. The summed E-state index contributed by atoms with van der Waals surface area (Å²) >= 11 is 0. The summed E-state index contributed by atoms with van der Waals surface area (Å²) in [4.78, 5) is 25.4. The van der Waals surface area contributed by atoms with Gasteiger partial charge < -0.3 is 5.32 Å². The van der Waals surface area contributed by atoms with Crippen molar-refractivity contribution < 1.29 is 14.0 Å². The van der Waals surface area contributed by atoms with Crippen molar-refractivity contribution in [2.45, 2.75) is 25.8 Å². The smallest absolute Gasteiger partial charge is 0.261 e. The van der Waals surface area contributed by atoms with Crippen LogP contribution in [0.15, 0.2) is 36.2 Å². The Balaban J connectivity index is 1.91. The Morgan fingerprint density at radius 3 is 2.38 bits per heavy atom. The molecule has 112 valence electrons. The fourth-order valence-corrected chi connectivity index (χ4v) is 2.25. The van der Waals surface area contributed by atoms with Gasteiger partial charge in [0, 0.05) is 6.54 Å². The highest BCUT2D eigenvalue weighted by Crippen LogP contribution is 2.22. The van der Waals surface area contributed by atoms with Crippen LogP contribution in [0.3, 0.4) is 0 Å². The Labute approximate surface area is 123 Å². The van der Waals surface area contributed by atoms with Crippen molar-refractivity contribution in [1.29, 1.82) is 0 Å². The van der Waals surface area contributed by atoms with E-state index in [4.69, 9.17) is 0 Å². The quantitative estimate of drug-likeness (QED) is 0.647. The van der Waals surface area contributed by atoms with Crippen LogP contribution in [-0.2, 0) is 0 Å². The van der Waals surface area contributed by atoms with Crippen molar-refractivity contribution in [3.8, 4) is 0 Å². The van der Waals surface area contributed by atoms with Gasteiger partial charge in [-0.3, -0.25) is 14.5 Å². The van der Waals surface area contributed by atoms with Crippen molar-refractivity contribution >= 4 is 11.8 Å². The fraction of sp³-hybridized carbons (Fsp3) is 0.375. The van der Waals surface area contributed by atoms with E-state index in [0.717, 1.165) is 0 Å². The van der Waals surface area contributed by atoms with Crippen molar-refractivity contribution in [2.75, 3.05) is 13.6 Å². The number of likely N-dealkylation sites (N-methyl/N-ethyl adjacent to an activating group) is 1. The summed E-state index contributed by atoms with van der Waals surface area (Å²) in [5.41, 5.74) is 0.904. The first-order chi connectivity index (χ1) is 10.1. The summed E-state index contributed by atoms with van der Waals surface area (Å²) in [7, 11) is 1.69. The van der Waals surface area contributed by atoms with Gasteiger partial charge in [-0.05, 0) is 38.9 Å². The van der Waals surface area contributed by atoms with Gasteiger partial charge in [0.25, 0.3) is 11.8 Å². The van der Waals surface area contributed by atoms with Gasteiger partial charge in [0.15, 0.2) is 0 Å². The second-order valence-electron chi connectivity index (χ2n) is 5.05. The molecule has 1 aromatic carbocycles. The van der Waals surface area contributed by atoms with Crippen LogP contribution in [0.25, 0.3) is 0 Å². The van der Waals surface area contributed by atoms with Gasteiger partial charge in [-0.1, -0.05) is 18.2 Å². The molecule has 5 heteroatoms. The molecule has 0 aliphatic carbocycles. The van der Waals surface area contributed by atoms with Crippen molar-refractivity contribution in [3.63, 3.8) is 0 Å². The van der Waals surface area contributed by atoms with Gasteiger partial charge >= 0.3 is 0 Å². The molecule has 0 saturated heterocycles. The third-order valence-corrected chi connectivity index (χ3v) is 3.65. The van der Waals surface area contributed by atoms with E-state index in [9.17, 15) is 14.0 Å². The molecular formula is C16H19FN2O2. The topological polar surface area (TPSA) is 49.4 Å². The highest BCUT2D eigenvalue weighted by molar-refractivity contribution is 6.21. The van der Waals surface area contributed by atoms with Crippen LogP contribution in [-0.4, -0.2) is 36.3 Å². The molecule has 0 spiro atoms. The van der Waals surface area contributed by atoms with Gasteiger partial charge in [-0.2, -0.15) is 0 Å². The molecule has 2 amide bonds. The van der Waals surface area contributed by atoms with Gasteiger partial charge in [0.05, 0.1) is 17.2 Å². The summed E-state index contributed by atoms with van der Waals surface area (Å²) in [5, 5.41) is 2.81. The number of fused-ring (bicyclic) bond motifs is 1. The van der Waals surface area contributed by atoms with Gasteiger partial charge in [-0.25, -0.2) is 4.39 Å². The molecule has 1 unspecified atom stereocenters. The molecule has 0 radical (unpaired) electrons. The fourth-order valence-electron chi connectivity index (χ4n) is 2.25. The minimum Gasteiger partial charge on any atom is -0.311 e. The predicted molar refractivity (Wildman–Crippen MR) is 78.8 cm³/mol. The average molecular weight is 290 g/mol. The van der Waals surface area contributed by atoms with Gasteiger partial charge in [-0.15, -0.1) is 0 Å². The number of imide groups is 1. The summed E-state index contributed by atoms with van der Waals surface area (Å²) in [6.07, 6.45) is 2.54. The summed E-state index contributed by atoms with van der Waals surface area (Å²) in [6.45, 7) is 2.04. The highest BCUT2D eigenvalue weighted by atomic mass is 19.1. The maximum absolute atomic E-state index is 13.5. The number of nitrogens with zero attached hydrogens (tertiary/aromatic N) is 1. The van der Waals surface area contributed by atoms with Crippen molar-refractivity contribution in [3.05, 3.63) is 47.3 Å². The zero-order chi connectivity index (χ0) is 15.4. The Hall–Kier alpha value is -2.01. The second-order valence-corrected chi connectivity index (χ2v) is 5.05. The summed E-state index contributed by atoms with van der Waals surface area (Å²) in [6, 6.07) is 6.48. The molecule has 1 aliphatic heterocycles. The molecule has 1 heterocycles. The monoisotopic (exact) mass is 290 g/mol. The lowest BCUT2D eigenvalue weighted by molar-refractivity contribution is 0.0653. The van der Waals surface area contributed by atoms with Gasteiger partial charge in [0.1, 0.15) is 5.83 Å². The van der Waals surface area contributed by atoms with E-state index in [0.29, 0.717) is 30.5 Å². The summed E-state index contributed by atoms with van der Waals surface area (Å²) in [5.74, 6) is -0.743. The molecule has 2 rings (SSSR count). The molecule has 4 nitrogen and oxygen atoms in total. The standard InChI is InChI=1S/C16H19FN2O2/c1-11(18-2)14(17)9-5-6-10-19-15(20)12-7-3-4-8-13(12)16(19)21/h3-4,7-9,11,18H,5-6,10H2,1-2H3/b14-9-. The normalized spacial score (nSPS) is 16.3. The van der Waals surface area contributed by atoms with Crippen LogP contribution in [0.2, 0.25) is 0 Å². The first-order valence-electron chi connectivity index (χ1n) is 7.04. The maximum Gasteiger partial charge on any atom is 0.261 e. The van der Waals surface area contributed by atoms with Crippen LogP contribution in [0, 0.1) is 0 Å². The molecule has 0 saturated carbocycles. The first-order valence-corrected chi connectivity index (χ1v) is 7.04. The SMILES string of the molecule is CNC(C)/C(F)=C/CCCN1C(=O)c2ccccc2C1=O. The average Bonchev–Trinajstić information content (AvgIpc) is 2.75. The lowest BCUT2D eigenvalue weighted by Crippen LogP contribution is -2.30. The number of amides is 2. The highest BCUT2D eigenvalue weighted by Gasteiger charge is 2.34. The minimum absolute atomic E-state index is 0.222. The van der Waals surface area contributed by atoms with E-state index >= 15 is 0 Å². The molecule has 21 heavy (non-hydrogen) atoms. The third-order valence-electron chi connectivity index (χ3n) is 3.65. The molecular weight excluding hydrogens is 271 g/mol. The van der Waals surface area contributed by atoms with Crippen LogP contribution < -0.4 is 5.32 Å². The van der Waals surface area contributed by atoms with Crippen molar-refractivity contribution in [2.24, 2.45) is 0 Å². The number of benzene rings is 1. The number of rotatable bonds is 6. The van der Waals surface area contributed by atoms with E-state index in [2.05, 4.69) is 5.32 Å². The van der Waals surface area contributed by atoms with E-state index in [1.165, 1.54) is 11.0 Å². The Morgan fingerprint density at radius 1 is 1.29 bits per heavy atom. The number of nitrogens with one attached hydrogen (secondary N) is 1. The van der Waals surface area contributed by atoms with E-state index < -0.39 is 0 Å². The summed E-state index contributed by atoms with van der Waals surface area (Å²) < 4.78 is 13.5. The Morgan fingerprint density at radius 2 is 1.86 bits per heavy atom. The molecule has 0 aromatic heterocycles. The second kappa shape index (κ2) is 6.63. The van der Waals surface area contributed by atoms with E-state index in [1.807, 2.05) is 0 Å². The minimum atomic E-state index is -0.315. The Kier molecular flexibility index (Phi) is 4.85. The lowest BCUT2D eigenvalue weighted by atomic mass is 10.1. The Bertz CT molecular complexity index is 548. The predicted octanol–water partition coefficient (Wildman–Crippen LogP) is 2.52. The van der Waals surface area contributed by atoms with Crippen LogP contribution >= 0.6 is 0 Å². The molecule has 1 aromatic rings. The van der Waals surface area contributed by atoms with Crippen LogP contribution in [0.4, 0.5) is 4.39 Å². The number of carbonyl (C=O) groups excluding carboxylic acids is 2. The molecule has 1 atom stereocenters.